The molecule has 0 radical (unpaired) electrons. The lowest BCUT2D eigenvalue weighted by atomic mass is 9.94. The fraction of sp³-hybridized carbons (Fsp3) is 0.375. The summed E-state index contributed by atoms with van der Waals surface area (Å²) in [7, 11) is 3.00. The minimum atomic E-state index is -0.767. The van der Waals surface area contributed by atoms with E-state index in [1.807, 2.05) is 0 Å². The molecule has 0 saturated heterocycles. The second kappa shape index (κ2) is 7.92. The first-order chi connectivity index (χ1) is 11.6. The Morgan fingerprint density at radius 2 is 2.04 bits per heavy atom. The highest BCUT2D eigenvalue weighted by Crippen LogP contribution is 2.39. The fourth-order valence-electron chi connectivity index (χ4n) is 2.55. The molecule has 1 atom stereocenters. The summed E-state index contributed by atoms with van der Waals surface area (Å²) in [6.07, 6.45) is 0. The first-order valence-corrected chi connectivity index (χ1v) is 7.85. The first kappa shape index (κ1) is 17.9. The number of hydrogen-bond donors (Lipinski definition) is 2. The number of amides is 2. The summed E-state index contributed by atoms with van der Waals surface area (Å²) < 4.78 is 15.8. The Morgan fingerprint density at radius 3 is 2.62 bits per heavy atom. The number of rotatable bonds is 6. The number of esters is 1. The van der Waals surface area contributed by atoms with Crippen molar-refractivity contribution < 1.29 is 23.8 Å². The van der Waals surface area contributed by atoms with Crippen LogP contribution in [0.3, 0.4) is 0 Å². The molecule has 0 unspecified atom stereocenters. The summed E-state index contributed by atoms with van der Waals surface area (Å²) in [4.78, 5) is 24.4. The number of ether oxygens (including phenoxy) is 3. The van der Waals surface area contributed by atoms with Gasteiger partial charge in [0.1, 0.15) is 0 Å². The van der Waals surface area contributed by atoms with E-state index in [0.717, 1.165) is 0 Å². The van der Waals surface area contributed by atoms with Crippen LogP contribution in [-0.4, -0.2) is 38.7 Å². The number of urea groups is 1. The SMILES string of the molecule is CCOC(=O)C1=C(CCl)NC(=O)N[C@H]1c1cccc(OC)c1OC. The molecule has 1 aromatic rings. The van der Waals surface area contributed by atoms with Gasteiger partial charge in [0.15, 0.2) is 11.5 Å². The summed E-state index contributed by atoms with van der Waals surface area (Å²) in [5, 5.41) is 5.26. The molecular formula is C16H19ClN2O5. The molecule has 0 aliphatic carbocycles. The topological polar surface area (TPSA) is 85.9 Å². The van der Waals surface area contributed by atoms with Gasteiger partial charge >= 0.3 is 12.0 Å². The van der Waals surface area contributed by atoms with Crippen molar-refractivity contribution in [2.45, 2.75) is 13.0 Å². The van der Waals surface area contributed by atoms with E-state index < -0.39 is 18.0 Å². The van der Waals surface area contributed by atoms with E-state index in [9.17, 15) is 9.59 Å². The van der Waals surface area contributed by atoms with Crippen LogP contribution in [0.25, 0.3) is 0 Å². The Labute approximate surface area is 144 Å². The van der Waals surface area contributed by atoms with Crippen molar-refractivity contribution in [2.75, 3.05) is 26.7 Å². The standard InChI is InChI=1S/C16H19ClN2O5/c1-4-24-15(20)12-10(8-17)18-16(21)19-13(12)9-6-5-7-11(22-2)14(9)23-3/h5-7,13H,4,8H2,1-3H3,(H2,18,19,21)/t13-/m0/s1. The van der Waals surface area contributed by atoms with Crippen LogP contribution in [0.15, 0.2) is 29.5 Å². The maximum Gasteiger partial charge on any atom is 0.338 e. The normalized spacial score (nSPS) is 17.0. The van der Waals surface area contributed by atoms with Gasteiger partial charge in [-0.15, -0.1) is 11.6 Å². The number of carbonyl (C=O) groups is 2. The molecule has 7 nitrogen and oxygen atoms in total. The van der Waals surface area contributed by atoms with Crippen LogP contribution in [-0.2, 0) is 9.53 Å². The first-order valence-electron chi connectivity index (χ1n) is 7.31. The number of allylic oxidation sites excluding steroid dienone is 1. The summed E-state index contributed by atoms with van der Waals surface area (Å²) >= 11 is 5.91. The molecule has 0 spiro atoms. The van der Waals surface area contributed by atoms with Crippen LogP contribution in [0.1, 0.15) is 18.5 Å². The highest BCUT2D eigenvalue weighted by Gasteiger charge is 2.35. The lowest BCUT2D eigenvalue weighted by Crippen LogP contribution is -2.46. The second-order valence-corrected chi connectivity index (χ2v) is 5.13. The highest BCUT2D eigenvalue weighted by atomic mass is 35.5. The maximum absolute atomic E-state index is 12.4. The Kier molecular flexibility index (Phi) is 5.92. The van der Waals surface area contributed by atoms with Crippen LogP contribution in [0, 0.1) is 0 Å². The van der Waals surface area contributed by atoms with E-state index >= 15 is 0 Å². The Balaban J connectivity index is 2.61. The minimum absolute atomic E-state index is 0.0373. The Morgan fingerprint density at radius 1 is 1.29 bits per heavy atom. The van der Waals surface area contributed by atoms with Gasteiger partial charge in [-0.05, 0) is 13.0 Å². The van der Waals surface area contributed by atoms with E-state index in [2.05, 4.69) is 10.6 Å². The number of carbonyl (C=O) groups excluding carboxylic acids is 2. The van der Waals surface area contributed by atoms with Gasteiger partial charge in [0.25, 0.3) is 0 Å². The van der Waals surface area contributed by atoms with Crippen molar-refractivity contribution in [3.8, 4) is 11.5 Å². The van der Waals surface area contributed by atoms with Crippen LogP contribution in [0.5, 0.6) is 11.5 Å². The Bertz CT molecular complexity index is 674. The van der Waals surface area contributed by atoms with Gasteiger partial charge in [-0.1, -0.05) is 12.1 Å². The zero-order valence-corrected chi connectivity index (χ0v) is 14.4. The molecule has 1 aliphatic rings. The number of nitrogens with one attached hydrogen (secondary N) is 2. The van der Waals surface area contributed by atoms with Gasteiger partial charge in [0, 0.05) is 11.3 Å². The molecule has 0 fully saturated rings. The zero-order valence-electron chi connectivity index (χ0n) is 13.6. The number of alkyl halides is 1. The minimum Gasteiger partial charge on any atom is -0.493 e. The third kappa shape index (κ3) is 3.41. The molecule has 0 saturated carbocycles. The Hall–Kier alpha value is -2.41. The number of benzene rings is 1. The van der Waals surface area contributed by atoms with E-state index in [-0.39, 0.29) is 18.1 Å². The number of halogens is 1. The molecule has 2 N–H and O–H groups in total. The van der Waals surface area contributed by atoms with Crippen molar-refractivity contribution in [1.82, 2.24) is 10.6 Å². The number of methoxy groups -OCH3 is 2. The molecule has 1 aromatic carbocycles. The molecule has 2 rings (SSSR count). The predicted octanol–water partition coefficient (Wildman–Crippen LogP) is 2.11. The molecule has 2 amide bonds. The van der Waals surface area contributed by atoms with Gasteiger partial charge in [0.2, 0.25) is 0 Å². The summed E-state index contributed by atoms with van der Waals surface area (Å²) in [6.45, 7) is 1.91. The highest BCUT2D eigenvalue weighted by molar-refractivity contribution is 6.20. The molecule has 24 heavy (non-hydrogen) atoms. The maximum atomic E-state index is 12.4. The lowest BCUT2D eigenvalue weighted by molar-refractivity contribution is -0.139. The van der Waals surface area contributed by atoms with E-state index in [1.165, 1.54) is 14.2 Å². The molecule has 0 bridgehead atoms. The van der Waals surface area contributed by atoms with Gasteiger partial charge < -0.3 is 24.8 Å². The van der Waals surface area contributed by atoms with Crippen molar-refractivity contribution in [3.63, 3.8) is 0 Å². The van der Waals surface area contributed by atoms with E-state index in [4.69, 9.17) is 25.8 Å². The van der Waals surface area contributed by atoms with Gasteiger partial charge in [0.05, 0.1) is 38.3 Å². The van der Waals surface area contributed by atoms with Crippen molar-refractivity contribution >= 4 is 23.6 Å². The third-order valence-electron chi connectivity index (χ3n) is 3.53. The molecule has 1 aliphatic heterocycles. The monoisotopic (exact) mass is 354 g/mol. The van der Waals surface area contributed by atoms with E-state index in [1.54, 1.807) is 25.1 Å². The fourth-order valence-corrected chi connectivity index (χ4v) is 2.76. The van der Waals surface area contributed by atoms with Crippen molar-refractivity contribution in [3.05, 3.63) is 35.0 Å². The molecule has 0 aromatic heterocycles. The van der Waals surface area contributed by atoms with Crippen LogP contribution in [0.4, 0.5) is 4.79 Å². The lowest BCUT2D eigenvalue weighted by Gasteiger charge is -2.29. The largest absolute Gasteiger partial charge is 0.493 e. The number of hydrogen-bond acceptors (Lipinski definition) is 5. The van der Waals surface area contributed by atoms with Crippen LogP contribution >= 0.6 is 11.6 Å². The van der Waals surface area contributed by atoms with Gasteiger partial charge in [-0.2, -0.15) is 0 Å². The third-order valence-corrected chi connectivity index (χ3v) is 3.79. The quantitative estimate of drug-likeness (QED) is 0.603. The van der Waals surface area contributed by atoms with Crippen LogP contribution in [0.2, 0.25) is 0 Å². The van der Waals surface area contributed by atoms with E-state index in [0.29, 0.717) is 22.8 Å². The average Bonchev–Trinajstić information content (AvgIpc) is 2.59. The molecule has 1 heterocycles. The smallest absolute Gasteiger partial charge is 0.338 e. The second-order valence-electron chi connectivity index (χ2n) is 4.86. The van der Waals surface area contributed by atoms with Gasteiger partial charge in [-0.25, -0.2) is 9.59 Å². The zero-order chi connectivity index (χ0) is 17.7. The summed E-state index contributed by atoms with van der Waals surface area (Å²) in [5.41, 5.74) is 1.10. The van der Waals surface area contributed by atoms with Crippen LogP contribution < -0.4 is 20.1 Å². The average molecular weight is 355 g/mol. The number of para-hydroxylation sites is 1. The van der Waals surface area contributed by atoms with Gasteiger partial charge in [-0.3, -0.25) is 0 Å². The molecular weight excluding hydrogens is 336 g/mol. The van der Waals surface area contributed by atoms with Crippen molar-refractivity contribution in [1.29, 1.82) is 0 Å². The molecule has 8 heteroatoms. The molecule has 130 valence electrons. The summed E-state index contributed by atoms with van der Waals surface area (Å²) in [6, 6.07) is 3.98. The summed E-state index contributed by atoms with van der Waals surface area (Å²) in [5.74, 6) is 0.307. The predicted molar refractivity (Wildman–Crippen MR) is 88.3 cm³/mol. The van der Waals surface area contributed by atoms with Crippen molar-refractivity contribution in [2.24, 2.45) is 0 Å².